The second-order valence-electron chi connectivity index (χ2n) is 6.40. The Morgan fingerprint density at radius 1 is 1.31 bits per heavy atom. The second-order valence-corrected chi connectivity index (χ2v) is 8.12. The Morgan fingerprint density at radius 3 is 2.58 bits per heavy atom. The standard InChI is InChI=1S/C18H21ClN2O4S/c1-12(17(24)21-18(11-20)9-3-2-4-10-18)25-16(23)8-5-13(22)14-6-7-15(19)26-14/h6-7,12H,2-5,8-10H2,1H3,(H,21,24)/t12-/m1/s1. The van der Waals surface area contributed by atoms with Crippen molar-refractivity contribution < 1.29 is 19.1 Å². The van der Waals surface area contributed by atoms with Gasteiger partial charge in [0.2, 0.25) is 0 Å². The molecule has 1 heterocycles. The third kappa shape index (κ3) is 5.55. The van der Waals surface area contributed by atoms with Crippen molar-refractivity contribution in [2.75, 3.05) is 0 Å². The van der Waals surface area contributed by atoms with Crippen molar-refractivity contribution in [3.05, 3.63) is 21.3 Å². The van der Waals surface area contributed by atoms with E-state index in [1.165, 1.54) is 6.92 Å². The van der Waals surface area contributed by atoms with Crippen molar-refractivity contribution >= 4 is 40.6 Å². The Balaban J connectivity index is 1.79. The lowest BCUT2D eigenvalue weighted by Gasteiger charge is -2.32. The van der Waals surface area contributed by atoms with E-state index in [1.54, 1.807) is 12.1 Å². The van der Waals surface area contributed by atoms with Crippen LogP contribution in [0.3, 0.4) is 0 Å². The van der Waals surface area contributed by atoms with Crippen LogP contribution in [0.15, 0.2) is 12.1 Å². The number of thiophene rings is 1. The number of carbonyl (C=O) groups is 3. The van der Waals surface area contributed by atoms with Gasteiger partial charge in [-0.2, -0.15) is 5.26 Å². The van der Waals surface area contributed by atoms with E-state index in [1.807, 2.05) is 0 Å². The predicted molar refractivity (Wildman–Crippen MR) is 98.0 cm³/mol. The maximum atomic E-state index is 12.3. The van der Waals surface area contributed by atoms with Gasteiger partial charge in [0.15, 0.2) is 11.9 Å². The highest BCUT2D eigenvalue weighted by molar-refractivity contribution is 7.18. The van der Waals surface area contributed by atoms with Gasteiger partial charge in [-0.15, -0.1) is 11.3 Å². The normalized spacial score (nSPS) is 17.0. The van der Waals surface area contributed by atoms with Crippen LogP contribution in [-0.4, -0.2) is 29.3 Å². The minimum atomic E-state index is -1.01. The van der Waals surface area contributed by atoms with Crippen molar-refractivity contribution in [3.8, 4) is 6.07 Å². The van der Waals surface area contributed by atoms with Crippen molar-refractivity contribution in [1.82, 2.24) is 5.32 Å². The van der Waals surface area contributed by atoms with E-state index in [4.69, 9.17) is 16.3 Å². The van der Waals surface area contributed by atoms with Gasteiger partial charge in [-0.1, -0.05) is 30.9 Å². The Labute approximate surface area is 161 Å². The zero-order valence-electron chi connectivity index (χ0n) is 14.5. The lowest BCUT2D eigenvalue weighted by atomic mass is 9.83. The molecule has 0 radical (unpaired) electrons. The number of ketones is 1. The van der Waals surface area contributed by atoms with Crippen LogP contribution in [0, 0.1) is 11.3 Å². The number of nitrogens with zero attached hydrogens (tertiary/aromatic N) is 1. The largest absolute Gasteiger partial charge is 0.453 e. The number of carbonyl (C=O) groups excluding carboxylic acids is 3. The molecular weight excluding hydrogens is 376 g/mol. The Bertz CT molecular complexity index is 719. The Morgan fingerprint density at radius 2 is 2.00 bits per heavy atom. The highest BCUT2D eigenvalue weighted by atomic mass is 35.5. The number of hydrogen-bond donors (Lipinski definition) is 1. The Hall–Kier alpha value is -1.91. The van der Waals surface area contributed by atoms with E-state index in [9.17, 15) is 19.6 Å². The predicted octanol–water partition coefficient (Wildman–Crippen LogP) is 3.64. The molecule has 0 aromatic carbocycles. The van der Waals surface area contributed by atoms with Crippen LogP contribution in [0.1, 0.15) is 61.5 Å². The molecule has 1 amide bonds. The molecule has 0 saturated heterocycles. The summed E-state index contributed by atoms with van der Waals surface area (Å²) in [4.78, 5) is 36.6. The van der Waals surface area contributed by atoms with E-state index in [0.29, 0.717) is 22.1 Å². The van der Waals surface area contributed by atoms with Gasteiger partial charge < -0.3 is 10.1 Å². The van der Waals surface area contributed by atoms with Gasteiger partial charge in [0.05, 0.1) is 21.7 Å². The van der Waals surface area contributed by atoms with Crippen molar-refractivity contribution in [2.45, 2.75) is 63.5 Å². The summed E-state index contributed by atoms with van der Waals surface area (Å²) in [5, 5.41) is 12.1. The summed E-state index contributed by atoms with van der Waals surface area (Å²) in [6, 6.07) is 5.43. The molecular formula is C18H21ClN2O4S. The van der Waals surface area contributed by atoms with Crippen molar-refractivity contribution in [3.63, 3.8) is 0 Å². The number of hydrogen-bond acceptors (Lipinski definition) is 6. The Kier molecular flexibility index (Phi) is 7.18. The van der Waals surface area contributed by atoms with Crippen LogP contribution in [0.4, 0.5) is 0 Å². The van der Waals surface area contributed by atoms with Gasteiger partial charge in [0.1, 0.15) is 5.54 Å². The summed E-state index contributed by atoms with van der Waals surface area (Å²) in [5.41, 5.74) is -0.871. The summed E-state index contributed by atoms with van der Waals surface area (Å²) < 4.78 is 5.61. The molecule has 8 heteroatoms. The number of nitrogens with one attached hydrogen (secondary N) is 1. The lowest BCUT2D eigenvalue weighted by Crippen LogP contribution is -2.52. The van der Waals surface area contributed by atoms with E-state index < -0.39 is 23.5 Å². The highest BCUT2D eigenvalue weighted by Crippen LogP contribution is 2.27. The summed E-state index contributed by atoms with van der Waals surface area (Å²) >= 11 is 6.94. The zero-order chi connectivity index (χ0) is 19.2. The fraction of sp³-hybridized carbons (Fsp3) is 0.556. The maximum absolute atomic E-state index is 12.3. The molecule has 1 N–H and O–H groups in total. The molecule has 1 aromatic heterocycles. The van der Waals surface area contributed by atoms with Crippen molar-refractivity contribution in [1.29, 1.82) is 5.26 Å². The summed E-state index contributed by atoms with van der Waals surface area (Å²) in [6.45, 7) is 1.46. The van der Waals surface area contributed by atoms with Crippen LogP contribution < -0.4 is 5.32 Å². The van der Waals surface area contributed by atoms with Gasteiger partial charge >= 0.3 is 5.97 Å². The molecule has 1 saturated carbocycles. The van der Waals surface area contributed by atoms with E-state index in [-0.39, 0.29) is 18.6 Å². The molecule has 26 heavy (non-hydrogen) atoms. The second kappa shape index (κ2) is 9.15. The zero-order valence-corrected chi connectivity index (χ0v) is 16.1. The average molecular weight is 397 g/mol. The van der Waals surface area contributed by atoms with Crippen LogP contribution in [-0.2, 0) is 14.3 Å². The topological polar surface area (TPSA) is 96.3 Å². The molecule has 1 atom stereocenters. The van der Waals surface area contributed by atoms with Gasteiger partial charge in [0.25, 0.3) is 5.91 Å². The fourth-order valence-corrected chi connectivity index (χ4v) is 3.88. The molecule has 1 aliphatic rings. The minimum absolute atomic E-state index is 0.00779. The lowest BCUT2D eigenvalue weighted by molar-refractivity contribution is -0.155. The van der Waals surface area contributed by atoms with Gasteiger partial charge in [-0.25, -0.2) is 0 Å². The number of Topliss-reactive ketones (excluding diaryl/α,β-unsaturated/α-hetero) is 1. The van der Waals surface area contributed by atoms with Crippen LogP contribution >= 0.6 is 22.9 Å². The molecule has 140 valence electrons. The molecule has 0 unspecified atom stereocenters. The summed E-state index contributed by atoms with van der Waals surface area (Å²) in [7, 11) is 0. The van der Waals surface area contributed by atoms with Crippen molar-refractivity contribution in [2.24, 2.45) is 0 Å². The molecule has 1 aromatic rings. The van der Waals surface area contributed by atoms with E-state index >= 15 is 0 Å². The number of rotatable bonds is 7. The highest BCUT2D eigenvalue weighted by Gasteiger charge is 2.35. The summed E-state index contributed by atoms with van der Waals surface area (Å²) in [5.74, 6) is -1.31. The van der Waals surface area contributed by atoms with Gasteiger partial charge in [-0.05, 0) is 31.9 Å². The van der Waals surface area contributed by atoms with E-state index in [2.05, 4.69) is 11.4 Å². The quantitative estimate of drug-likeness (QED) is 0.560. The van der Waals surface area contributed by atoms with E-state index in [0.717, 1.165) is 30.6 Å². The fourth-order valence-electron chi connectivity index (χ4n) is 2.87. The van der Waals surface area contributed by atoms with Gasteiger partial charge in [-0.3, -0.25) is 14.4 Å². The van der Waals surface area contributed by atoms with Crippen LogP contribution in [0.5, 0.6) is 0 Å². The van der Waals surface area contributed by atoms with Crippen LogP contribution in [0.2, 0.25) is 4.34 Å². The average Bonchev–Trinajstić information content (AvgIpc) is 3.07. The number of amides is 1. The first-order chi connectivity index (χ1) is 12.3. The maximum Gasteiger partial charge on any atom is 0.307 e. The molecule has 6 nitrogen and oxygen atoms in total. The first-order valence-electron chi connectivity index (χ1n) is 8.56. The molecule has 2 rings (SSSR count). The van der Waals surface area contributed by atoms with Gasteiger partial charge in [0, 0.05) is 6.42 Å². The first-order valence-corrected chi connectivity index (χ1v) is 9.76. The third-order valence-corrected chi connectivity index (χ3v) is 5.64. The molecule has 0 bridgehead atoms. The number of halogens is 1. The third-order valence-electron chi connectivity index (χ3n) is 4.37. The minimum Gasteiger partial charge on any atom is -0.453 e. The smallest absolute Gasteiger partial charge is 0.307 e. The number of esters is 1. The molecule has 1 fully saturated rings. The SMILES string of the molecule is C[C@@H](OC(=O)CCC(=O)c1ccc(Cl)s1)C(=O)NC1(C#N)CCCCC1. The number of ether oxygens (including phenoxy) is 1. The number of nitriles is 1. The first kappa shape index (κ1) is 20.4. The molecule has 0 aliphatic heterocycles. The summed E-state index contributed by atoms with van der Waals surface area (Å²) in [6.07, 6.45) is 2.89. The molecule has 0 spiro atoms. The monoisotopic (exact) mass is 396 g/mol. The molecule has 1 aliphatic carbocycles. The van der Waals surface area contributed by atoms with Crippen LogP contribution in [0.25, 0.3) is 0 Å².